The number of nitrogens with zero attached hydrogens (tertiary/aromatic N) is 1. The maximum atomic E-state index is 13.1. The van der Waals surface area contributed by atoms with Crippen molar-refractivity contribution < 1.29 is 9.59 Å². The fourth-order valence-electron chi connectivity index (χ4n) is 3.29. The molecular weight excluding hydrogens is 286 g/mol. The molecule has 2 aromatic rings. The van der Waals surface area contributed by atoms with Gasteiger partial charge in [-0.1, -0.05) is 55.0 Å². The van der Waals surface area contributed by atoms with E-state index in [0.29, 0.717) is 12.0 Å². The van der Waals surface area contributed by atoms with Crippen LogP contribution in [0.1, 0.15) is 40.7 Å². The largest absolute Gasteiger partial charge is 0.315 e. The van der Waals surface area contributed by atoms with Gasteiger partial charge in [-0.15, -0.1) is 0 Å². The molecule has 0 fully saturated rings. The Hall–Kier alpha value is -2.42. The zero-order chi connectivity index (χ0) is 16.6. The predicted octanol–water partition coefficient (Wildman–Crippen LogP) is 3.96. The predicted molar refractivity (Wildman–Crippen MR) is 91.9 cm³/mol. The molecule has 1 heterocycles. The van der Waals surface area contributed by atoms with Crippen molar-refractivity contribution >= 4 is 17.4 Å². The second-order valence-electron chi connectivity index (χ2n) is 6.38. The molecule has 1 aliphatic heterocycles. The number of hydrogen-bond acceptors (Lipinski definition) is 2. The number of benzene rings is 2. The van der Waals surface area contributed by atoms with Crippen LogP contribution in [0.25, 0.3) is 0 Å². The zero-order valence-corrected chi connectivity index (χ0v) is 13.7. The molecule has 0 aliphatic carbocycles. The van der Waals surface area contributed by atoms with E-state index in [1.54, 1.807) is 11.9 Å². The van der Waals surface area contributed by atoms with E-state index in [0.717, 1.165) is 16.8 Å². The van der Waals surface area contributed by atoms with Crippen LogP contribution in [0.2, 0.25) is 0 Å². The number of amides is 1. The molecule has 0 bridgehead atoms. The molecule has 3 rings (SSSR count). The van der Waals surface area contributed by atoms with Gasteiger partial charge in [0.25, 0.3) is 0 Å². The minimum Gasteiger partial charge on any atom is -0.315 e. The smallest absolute Gasteiger partial charge is 0.229 e. The normalized spacial score (nSPS) is 20.8. The fraction of sp³-hybridized carbons (Fsp3) is 0.300. The molecule has 2 aromatic carbocycles. The number of carbonyl (C=O) groups is 2. The lowest BCUT2D eigenvalue weighted by molar-refractivity contribution is -0.121. The molecule has 1 aliphatic rings. The molecular formula is C20H21NO2. The van der Waals surface area contributed by atoms with Gasteiger partial charge in [0.05, 0.1) is 5.92 Å². The molecule has 118 valence electrons. The molecule has 0 N–H and O–H groups in total. The van der Waals surface area contributed by atoms with Crippen LogP contribution in [0.3, 0.4) is 0 Å². The minimum atomic E-state index is -0.280. The van der Waals surface area contributed by atoms with Crippen LogP contribution >= 0.6 is 0 Å². The van der Waals surface area contributed by atoms with E-state index in [1.807, 2.05) is 62.4 Å². The van der Waals surface area contributed by atoms with Crippen molar-refractivity contribution in [1.29, 1.82) is 0 Å². The van der Waals surface area contributed by atoms with E-state index < -0.39 is 0 Å². The molecule has 0 saturated heterocycles. The van der Waals surface area contributed by atoms with Gasteiger partial charge >= 0.3 is 0 Å². The van der Waals surface area contributed by atoms with Crippen LogP contribution in [0.4, 0.5) is 5.69 Å². The Morgan fingerprint density at radius 2 is 1.74 bits per heavy atom. The molecule has 3 nitrogen and oxygen atoms in total. The summed E-state index contributed by atoms with van der Waals surface area (Å²) in [5.41, 5.74) is 3.62. The van der Waals surface area contributed by atoms with E-state index in [1.165, 1.54) is 0 Å². The number of ketones is 1. The quantitative estimate of drug-likeness (QED) is 0.787. The number of hydrogen-bond donors (Lipinski definition) is 0. The van der Waals surface area contributed by atoms with Crippen LogP contribution in [0.15, 0.2) is 48.5 Å². The van der Waals surface area contributed by atoms with Crippen molar-refractivity contribution in [2.75, 3.05) is 11.9 Å². The minimum absolute atomic E-state index is 0.0663. The van der Waals surface area contributed by atoms with Gasteiger partial charge in [0, 0.05) is 24.2 Å². The Morgan fingerprint density at radius 3 is 2.43 bits per heavy atom. The first-order valence-corrected chi connectivity index (χ1v) is 7.96. The molecule has 3 heteroatoms. The summed E-state index contributed by atoms with van der Waals surface area (Å²) in [5.74, 6) is -0.298. The van der Waals surface area contributed by atoms with Crippen LogP contribution in [0, 0.1) is 12.8 Å². The molecule has 2 atom stereocenters. The van der Waals surface area contributed by atoms with Crippen molar-refractivity contribution in [2.45, 2.75) is 26.2 Å². The summed E-state index contributed by atoms with van der Waals surface area (Å²) in [5, 5.41) is 0. The summed E-state index contributed by atoms with van der Waals surface area (Å²) >= 11 is 0. The summed E-state index contributed by atoms with van der Waals surface area (Å²) in [4.78, 5) is 27.2. The van der Waals surface area contributed by atoms with E-state index in [-0.39, 0.29) is 23.5 Å². The van der Waals surface area contributed by atoms with Crippen LogP contribution in [-0.4, -0.2) is 18.7 Å². The van der Waals surface area contributed by atoms with Crippen molar-refractivity contribution in [3.8, 4) is 0 Å². The van der Waals surface area contributed by atoms with Gasteiger partial charge in [0.2, 0.25) is 5.91 Å². The van der Waals surface area contributed by atoms with Gasteiger partial charge in [0.15, 0.2) is 5.78 Å². The topological polar surface area (TPSA) is 37.4 Å². The lowest BCUT2D eigenvalue weighted by Crippen LogP contribution is -2.30. The molecule has 1 amide bonds. The average molecular weight is 307 g/mol. The maximum Gasteiger partial charge on any atom is 0.229 e. The molecule has 0 aromatic heterocycles. The molecule has 0 radical (unpaired) electrons. The number of para-hydroxylation sites is 1. The Labute approximate surface area is 136 Å². The van der Waals surface area contributed by atoms with Crippen LogP contribution in [-0.2, 0) is 4.79 Å². The highest BCUT2D eigenvalue weighted by Gasteiger charge is 2.34. The summed E-state index contributed by atoms with van der Waals surface area (Å²) < 4.78 is 0. The summed E-state index contributed by atoms with van der Waals surface area (Å²) in [7, 11) is 1.79. The number of carbonyl (C=O) groups excluding carboxylic acids is 2. The molecule has 0 spiro atoms. The van der Waals surface area contributed by atoms with Gasteiger partial charge in [-0.25, -0.2) is 0 Å². The van der Waals surface area contributed by atoms with Gasteiger partial charge in [0.1, 0.15) is 0 Å². The molecule has 0 saturated carbocycles. The Morgan fingerprint density at radius 1 is 1.09 bits per heavy atom. The summed E-state index contributed by atoms with van der Waals surface area (Å²) in [6.07, 6.45) is 0.549. The lowest BCUT2D eigenvalue weighted by Gasteiger charge is -2.20. The third-order valence-electron chi connectivity index (χ3n) is 4.67. The number of Topliss-reactive ketones (excluding diaryl/α,β-unsaturated/α-hetero) is 1. The van der Waals surface area contributed by atoms with Gasteiger partial charge in [-0.2, -0.15) is 0 Å². The SMILES string of the molecule is Cc1ccc(C(=O)C2CC(C)C(=O)N(C)c3ccccc32)cc1. The van der Waals surface area contributed by atoms with E-state index in [4.69, 9.17) is 0 Å². The molecule has 23 heavy (non-hydrogen) atoms. The maximum absolute atomic E-state index is 13.1. The summed E-state index contributed by atoms with van der Waals surface area (Å²) in [6, 6.07) is 15.4. The van der Waals surface area contributed by atoms with E-state index in [9.17, 15) is 9.59 Å². The van der Waals surface area contributed by atoms with Crippen LogP contribution in [0.5, 0.6) is 0 Å². The highest BCUT2D eigenvalue weighted by Crippen LogP contribution is 2.38. The number of fused-ring (bicyclic) bond motifs is 1. The standard InChI is InChI=1S/C20H21NO2/c1-13-8-10-15(11-9-13)19(22)17-12-14(2)20(23)21(3)18-7-5-4-6-16(17)18/h4-11,14,17H,12H2,1-3H3. The Bertz CT molecular complexity index is 748. The highest BCUT2D eigenvalue weighted by atomic mass is 16.2. The number of anilines is 1. The summed E-state index contributed by atoms with van der Waals surface area (Å²) in [6.45, 7) is 3.91. The van der Waals surface area contributed by atoms with Crippen LogP contribution < -0.4 is 4.90 Å². The van der Waals surface area contributed by atoms with E-state index >= 15 is 0 Å². The third kappa shape index (κ3) is 2.79. The van der Waals surface area contributed by atoms with Crippen molar-refractivity contribution in [1.82, 2.24) is 0 Å². The van der Waals surface area contributed by atoms with E-state index in [2.05, 4.69) is 0 Å². The van der Waals surface area contributed by atoms with Crippen molar-refractivity contribution in [2.24, 2.45) is 5.92 Å². The first-order valence-electron chi connectivity index (χ1n) is 7.96. The van der Waals surface area contributed by atoms with Gasteiger partial charge in [-0.3, -0.25) is 9.59 Å². The second-order valence-corrected chi connectivity index (χ2v) is 6.38. The molecule has 2 unspecified atom stereocenters. The second kappa shape index (κ2) is 5.99. The van der Waals surface area contributed by atoms with Crippen molar-refractivity contribution in [3.05, 3.63) is 65.2 Å². The zero-order valence-electron chi connectivity index (χ0n) is 13.7. The third-order valence-corrected chi connectivity index (χ3v) is 4.67. The monoisotopic (exact) mass is 307 g/mol. The lowest BCUT2D eigenvalue weighted by atomic mass is 9.84. The number of aryl methyl sites for hydroxylation is 1. The highest BCUT2D eigenvalue weighted by molar-refractivity contribution is 6.05. The van der Waals surface area contributed by atoms with Gasteiger partial charge in [-0.05, 0) is 25.0 Å². The van der Waals surface area contributed by atoms with Crippen molar-refractivity contribution in [3.63, 3.8) is 0 Å². The fourth-order valence-corrected chi connectivity index (χ4v) is 3.29. The number of rotatable bonds is 2. The average Bonchev–Trinajstić information content (AvgIpc) is 2.66. The first kappa shape index (κ1) is 15.5. The van der Waals surface area contributed by atoms with Gasteiger partial charge < -0.3 is 4.90 Å². The first-order chi connectivity index (χ1) is 11.0. The Kier molecular flexibility index (Phi) is 4.03. The Balaban J connectivity index is 2.07.